The molecule has 3 aromatic rings. The van der Waals surface area contributed by atoms with Crippen molar-refractivity contribution in [3.05, 3.63) is 71.0 Å². The first-order valence-corrected chi connectivity index (χ1v) is 10.0. The molecule has 0 radical (unpaired) electrons. The predicted octanol–water partition coefficient (Wildman–Crippen LogP) is 4.26. The molecule has 0 saturated carbocycles. The molecule has 0 unspecified atom stereocenters. The van der Waals surface area contributed by atoms with Gasteiger partial charge in [-0.25, -0.2) is 4.79 Å². The Labute approximate surface area is 180 Å². The van der Waals surface area contributed by atoms with E-state index in [0.717, 1.165) is 17.1 Å². The topological polar surface area (TPSA) is 76.0 Å². The molecule has 1 aliphatic rings. The normalized spacial score (nSPS) is 12.0. The second kappa shape index (κ2) is 8.55. The van der Waals surface area contributed by atoms with Crippen molar-refractivity contribution < 1.29 is 28.5 Å². The number of aromatic nitrogens is 1. The average Bonchev–Trinajstić information content (AvgIpc) is 3.35. The summed E-state index contributed by atoms with van der Waals surface area (Å²) in [6.45, 7) is 5.88. The summed E-state index contributed by atoms with van der Waals surface area (Å²) in [5.74, 6) is 0.925. The first-order chi connectivity index (χ1) is 15.0. The summed E-state index contributed by atoms with van der Waals surface area (Å²) in [6, 6.07) is 14.2. The highest BCUT2D eigenvalue weighted by molar-refractivity contribution is 6.01. The maximum atomic E-state index is 12.8. The van der Waals surface area contributed by atoms with Crippen LogP contribution in [0.3, 0.4) is 0 Å². The lowest BCUT2D eigenvalue weighted by molar-refractivity contribution is 0.0470. The molecule has 1 aromatic heterocycles. The maximum Gasteiger partial charge on any atom is 0.342 e. The lowest BCUT2D eigenvalue weighted by atomic mass is 10.1. The third-order valence-corrected chi connectivity index (χ3v) is 5.09. The molecule has 4 rings (SSSR count). The van der Waals surface area contributed by atoms with Crippen LogP contribution in [0.25, 0.3) is 5.69 Å². The van der Waals surface area contributed by atoms with Crippen LogP contribution in [0.4, 0.5) is 0 Å². The van der Waals surface area contributed by atoms with Gasteiger partial charge in [-0.05, 0) is 51.1 Å². The number of aryl methyl sites for hydroxylation is 1. The van der Waals surface area contributed by atoms with Gasteiger partial charge in [0.2, 0.25) is 12.6 Å². The highest BCUT2D eigenvalue weighted by atomic mass is 16.7. The third kappa shape index (κ3) is 3.99. The van der Waals surface area contributed by atoms with Crippen molar-refractivity contribution in [1.82, 2.24) is 4.57 Å². The van der Waals surface area contributed by atoms with E-state index in [9.17, 15) is 9.59 Å². The number of nitrogens with zero attached hydrogens (tertiary/aromatic N) is 1. The molecule has 0 spiro atoms. The summed E-state index contributed by atoms with van der Waals surface area (Å²) in [4.78, 5) is 25.3. The fraction of sp³-hybridized carbons (Fsp3) is 0.250. The van der Waals surface area contributed by atoms with Crippen LogP contribution in [0.5, 0.6) is 17.2 Å². The van der Waals surface area contributed by atoms with Gasteiger partial charge in [0.05, 0.1) is 6.61 Å². The van der Waals surface area contributed by atoms with Gasteiger partial charge >= 0.3 is 5.97 Å². The number of para-hydroxylation sites is 1. The van der Waals surface area contributed by atoms with E-state index in [2.05, 4.69) is 0 Å². The van der Waals surface area contributed by atoms with Crippen molar-refractivity contribution in [2.75, 3.05) is 20.0 Å². The molecule has 160 valence electrons. The molecule has 1 aliphatic heterocycles. The van der Waals surface area contributed by atoms with E-state index in [1.807, 2.05) is 43.5 Å². The minimum Gasteiger partial charge on any atom is -0.493 e. The van der Waals surface area contributed by atoms with E-state index in [4.69, 9.17) is 18.9 Å². The monoisotopic (exact) mass is 421 g/mol. The molecule has 2 heterocycles. The summed E-state index contributed by atoms with van der Waals surface area (Å²) in [7, 11) is 0. The van der Waals surface area contributed by atoms with Crippen molar-refractivity contribution in [1.29, 1.82) is 0 Å². The molecule has 2 aromatic carbocycles. The number of esters is 1. The minimum atomic E-state index is -0.595. The smallest absolute Gasteiger partial charge is 0.342 e. The van der Waals surface area contributed by atoms with Gasteiger partial charge in [-0.2, -0.15) is 0 Å². The van der Waals surface area contributed by atoms with Gasteiger partial charge in [0.1, 0.15) is 11.3 Å². The van der Waals surface area contributed by atoms with Crippen LogP contribution in [0, 0.1) is 13.8 Å². The average molecular weight is 421 g/mol. The Morgan fingerprint density at radius 3 is 2.58 bits per heavy atom. The molecule has 0 bridgehead atoms. The van der Waals surface area contributed by atoms with E-state index in [0.29, 0.717) is 35.0 Å². The van der Waals surface area contributed by atoms with E-state index < -0.39 is 5.97 Å². The lowest BCUT2D eigenvalue weighted by Crippen LogP contribution is -2.15. The van der Waals surface area contributed by atoms with Gasteiger partial charge in [0.15, 0.2) is 18.1 Å². The Balaban J connectivity index is 1.51. The third-order valence-electron chi connectivity index (χ3n) is 5.09. The van der Waals surface area contributed by atoms with Crippen LogP contribution >= 0.6 is 0 Å². The Kier molecular flexibility index (Phi) is 5.66. The molecular weight excluding hydrogens is 398 g/mol. The molecule has 0 fully saturated rings. The van der Waals surface area contributed by atoms with E-state index in [1.54, 1.807) is 30.3 Å². The van der Waals surface area contributed by atoms with Gasteiger partial charge < -0.3 is 23.5 Å². The molecular formula is C24H23NO6. The van der Waals surface area contributed by atoms with Crippen molar-refractivity contribution in [2.24, 2.45) is 0 Å². The highest BCUT2D eigenvalue weighted by Crippen LogP contribution is 2.35. The quantitative estimate of drug-likeness (QED) is 0.419. The minimum absolute atomic E-state index is 0.198. The summed E-state index contributed by atoms with van der Waals surface area (Å²) in [6.07, 6.45) is 0. The van der Waals surface area contributed by atoms with E-state index >= 15 is 0 Å². The fourth-order valence-electron chi connectivity index (χ4n) is 3.67. The number of hydrogen-bond donors (Lipinski definition) is 0. The van der Waals surface area contributed by atoms with Gasteiger partial charge in [-0.15, -0.1) is 0 Å². The Bertz CT molecular complexity index is 1150. The van der Waals surface area contributed by atoms with Gasteiger partial charge in [-0.1, -0.05) is 12.1 Å². The number of ketones is 1. The van der Waals surface area contributed by atoms with Crippen LogP contribution in [-0.2, 0) is 4.74 Å². The number of benzene rings is 2. The van der Waals surface area contributed by atoms with Crippen LogP contribution in [0.1, 0.15) is 39.0 Å². The number of hydrogen-bond acceptors (Lipinski definition) is 6. The van der Waals surface area contributed by atoms with Crippen LogP contribution in [0.15, 0.2) is 48.5 Å². The molecule has 0 aliphatic carbocycles. The van der Waals surface area contributed by atoms with Crippen molar-refractivity contribution in [2.45, 2.75) is 20.8 Å². The SMILES string of the molecule is CCOc1ccccc1C(=O)OCC(=O)c1cc(C)n(-c2ccc3c(c2)OCO3)c1C. The van der Waals surface area contributed by atoms with Crippen LogP contribution in [-0.4, -0.2) is 36.3 Å². The van der Waals surface area contributed by atoms with Crippen molar-refractivity contribution in [3.8, 4) is 22.9 Å². The van der Waals surface area contributed by atoms with E-state index in [1.165, 1.54) is 0 Å². The number of Topliss-reactive ketones (excluding diaryl/α,β-unsaturated/α-hetero) is 1. The Hall–Kier alpha value is -3.74. The number of carbonyl (C=O) groups excluding carboxylic acids is 2. The zero-order valence-electron chi connectivity index (χ0n) is 17.6. The fourth-order valence-corrected chi connectivity index (χ4v) is 3.67. The molecule has 0 saturated heterocycles. The van der Waals surface area contributed by atoms with Gasteiger partial charge in [0.25, 0.3) is 0 Å². The van der Waals surface area contributed by atoms with Crippen LogP contribution < -0.4 is 14.2 Å². The van der Waals surface area contributed by atoms with Gasteiger partial charge in [0, 0.05) is 28.7 Å². The van der Waals surface area contributed by atoms with Crippen molar-refractivity contribution in [3.63, 3.8) is 0 Å². The molecule has 0 N–H and O–H groups in total. The summed E-state index contributed by atoms with van der Waals surface area (Å²) < 4.78 is 23.5. The standard InChI is InChI=1S/C24H23NO6/c1-4-28-21-8-6-5-7-18(21)24(27)29-13-20(26)19-11-15(2)25(16(19)3)17-9-10-22-23(12-17)31-14-30-22/h5-12H,4,13-14H2,1-3H3. The number of carbonyl (C=O) groups is 2. The summed E-state index contributed by atoms with van der Waals surface area (Å²) >= 11 is 0. The van der Waals surface area contributed by atoms with Crippen molar-refractivity contribution >= 4 is 11.8 Å². The predicted molar refractivity (Wildman–Crippen MR) is 114 cm³/mol. The largest absolute Gasteiger partial charge is 0.493 e. The second-order valence-corrected chi connectivity index (χ2v) is 7.09. The summed E-state index contributed by atoms with van der Waals surface area (Å²) in [5.41, 5.74) is 3.30. The zero-order valence-corrected chi connectivity index (χ0v) is 17.6. The number of fused-ring (bicyclic) bond motifs is 1. The molecule has 7 nitrogen and oxygen atoms in total. The number of rotatable bonds is 7. The highest BCUT2D eigenvalue weighted by Gasteiger charge is 2.21. The van der Waals surface area contributed by atoms with E-state index in [-0.39, 0.29) is 19.2 Å². The zero-order chi connectivity index (χ0) is 22.0. The maximum absolute atomic E-state index is 12.8. The Morgan fingerprint density at radius 2 is 1.77 bits per heavy atom. The Morgan fingerprint density at radius 1 is 1.00 bits per heavy atom. The summed E-state index contributed by atoms with van der Waals surface area (Å²) in [5, 5.41) is 0. The first-order valence-electron chi connectivity index (χ1n) is 10.0. The number of ether oxygens (including phenoxy) is 4. The molecule has 7 heteroatoms. The lowest BCUT2D eigenvalue weighted by Gasteiger charge is -2.11. The molecule has 31 heavy (non-hydrogen) atoms. The second-order valence-electron chi connectivity index (χ2n) is 7.09. The van der Waals surface area contributed by atoms with Gasteiger partial charge in [-0.3, -0.25) is 4.79 Å². The first kappa shape index (κ1) is 20.5. The van der Waals surface area contributed by atoms with Crippen LogP contribution in [0.2, 0.25) is 0 Å². The molecule has 0 atom stereocenters. The molecule has 0 amide bonds.